The van der Waals surface area contributed by atoms with Crippen LogP contribution in [0.1, 0.15) is 110 Å². The van der Waals surface area contributed by atoms with Crippen LogP contribution in [0.3, 0.4) is 0 Å². The van der Waals surface area contributed by atoms with Gasteiger partial charge < -0.3 is 17.0 Å². The molecule has 0 amide bonds. The third-order valence-electron chi connectivity index (χ3n) is 8.01. The molecule has 1 aromatic rings. The molecule has 2 nitrogen and oxygen atoms in total. The second-order valence-corrected chi connectivity index (χ2v) is 10.4. The highest BCUT2D eigenvalue weighted by molar-refractivity contribution is 5.05. The maximum absolute atomic E-state index is 2.65. The molecule has 0 radical (unpaired) electrons. The largest absolute Gasteiger partial charge is 1.00 e. The van der Waals surface area contributed by atoms with E-state index in [2.05, 4.69) is 34.8 Å². The minimum absolute atomic E-state index is 0. The predicted octanol–water partition coefficient (Wildman–Crippen LogP) is 3.63. The van der Waals surface area contributed by atoms with Crippen LogP contribution in [0.5, 0.6) is 0 Å². The van der Waals surface area contributed by atoms with Crippen LogP contribution in [0.15, 0.2) is 18.7 Å². The van der Waals surface area contributed by atoms with Gasteiger partial charge in [-0.3, -0.25) is 0 Å². The molecule has 28 heavy (non-hydrogen) atoms. The second-order valence-electron chi connectivity index (χ2n) is 10.4. The smallest absolute Gasteiger partial charge is 0.244 e. The summed E-state index contributed by atoms with van der Waals surface area (Å²) in [6.07, 6.45) is 30.5. The van der Waals surface area contributed by atoms with Gasteiger partial charge in [0.05, 0.1) is 6.54 Å². The van der Waals surface area contributed by atoms with Gasteiger partial charge in [0.2, 0.25) is 6.33 Å². The van der Waals surface area contributed by atoms with Crippen molar-refractivity contribution >= 4 is 0 Å². The molecular formula is C25H43BrN2. The number of halogens is 1. The lowest BCUT2D eigenvalue weighted by atomic mass is 9.53. The van der Waals surface area contributed by atoms with Crippen LogP contribution in [0, 0.1) is 17.8 Å². The molecule has 4 aliphatic carbocycles. The van der Waals surface area contributed by atoms with Crippen molar-refractivity contribution in [3.8, 4) is 0 Å². The van der Waals surface area contributed by atoms with Crippen LogP contribution in [-0.2, 0) is 12.1 Å². The van der Waals surface area contributed by atoms with Gasteiger partial charge in [0, 0.05) is 0 Å². The van der Waals surface area contributed by atoms with Crippen LogP contribution in [0.25, 0.3) is 0 Å². The van der Waals surface area contributed by atoms with Crippen molar-refractivity contribution < 1.29 is 21.5 Å². The molecule has 0 N–H and O–H groups in total. The van der Waals surface area contributed by atoms with Crippen LogP contribution < -0.4 is 21.5 Å². The van der Waals surface area contributed by atoms with Gasteiger partial charge in [0.15, 0.2) is 0 Å². The third-order valence-corrected chi connectivity index (χ3v) is 8.01. The fourth-order valence-corrected chi connectivity index (χ4v) is 6.97. The van der Waals surface area contributed by atoms with E-state index in [4.69, 9.17) is 0 Å². The zero-order valence-corrected chi connectivity index (χ0v) is 19.8. The topological polar surface area (TPSA) is 8.81 Å². The Kier molecular flexibility index (Phi) is 8.50. The molecule has 1 heterocycles. The molecule has 160 valence electrons. The molecular weight excluding hydrogens is 408 g/mol. The predicted molar refractivity (Wildman–Crippen MR) is 113 cm³/mol. The molecule has 0 aliphatic heterocycles. The van der Waals surface area contributed by atoms with Gasteiger partial charge in [-0.2, -0.15) is 0 Å². The quantitative estimate of drug-likeness (QED) is 0.339. The Balaban J connectivity index is 0.00000225. The zero-order valence-electron chi connectivity index (χ0n) is 18.3. The average Bonchev–Trinajstić information content (AvgIpc) is 3.12. The molecule has 4 fully saturated rings. The molecule has 0 saturated heterocycles. The van der Waals surface area contributed by atoms with Crippen LogP contribution in [0.2, 0.25) is 0 Å². The summed E-state index contributed by atoms with van der Waals surface area (Å²) < 4.78 is 5.12. The van der Waals surface area contributed by atoms with Crippen molar-refractivity contribution in [2.75, 3.05) is 0 Å². The van der Waals surface area contributed by atoms with Crippen LogP contribution in [-0.4, -0.2) is 4.57 Å². The van der Waals surface area contributed by atoms with Gasteiger partial charge in [0.25, 0.3) is 0 Å². The molecule has 5 rings (SSSR count). The fraction of sp³-hybridized carbons (Fsp3) is 0.880. The lowest BCUT2D eigenvalue weighted by Gasteiger charge is -2.54. The molecule has 0 aromatic carbocycles. The Morgan fingerprint density at radius 3 is 1.82 bits per heavy atom. The minimum Gasteiger partial charge on any atom is -1.00 e. The molecule has 0 atom stereocenters. The number of rotatable bonds is 12. The Hall–Kier alpha value is -0.310. The highest BCUT2D eigenvalue weighted by atomic mass is 79.9. The van der Waals surface area contributed by atoms with Crippen LogP contribution in [0.4, 0.5) is 0 Å². The van der Waals surface area contributed by atoms with Gasteiger partial charge in [-0.25, -0.2) is 9.13 Å². The fourth-order valence-electron chi connectivity index (χ4n) is 6.97. The van der Waals surface area contributed by atoms with E-state index < -0.39 is 0 Å². The van der Waals surface area contributed by atoms with Crippen molar-refractivity contribution in [2.24, 2.45) is 17.8 Å². The second kappa shape index (κ2) is 10.6. The lowest BCUT2D eigenvalue weighted by Crippen LogP contribution is -3.00. The zero-order chi connectivity index (χ0) is 18.5. The van der Waals surface area contributed by atoms with Crippen molar-refractivity contribution in [3.63, 3.8) is 0 Å². The summed E-state index contributed by atoms with van der Waals surface area (Å²) in [5.74, 6) is 3.11. The molecule has 0 spiro atoms. The first-order chi connectivity index (χ1) is 13.3. The van der Waals surface area contributed by atoms with E-state index in [1.165, 1.54) is 109 Å². The van der Waals surface area contributed by atoms with E-state index in [9.17, 15) is 0 Å². The molecule has 3 heteroatoms. The highest BCUT2D eigenvalue weighted by Crippen LogP contribution is 2.58. The van der Waals surface area contributed by atoms with Crippen molar-refractivity contribution in [3.05, 3.63) is 18.7 Å². The van der Waals surface area contributed by atoms with Crippen molar-refractivity contribution in [2.45, 2.75) is 122 Å². The van der Waals surface area contributed by atoms with Gasteiger partial charge in [0.1, 0.15) is 17.9 Å². The Labute approximate surface area is 184 Å². The average molecular weight is 452 g/mol. The summed E-state index contributed by atoms with van der Waals surface area (Å²) in [6.45, 7) is 3.52. The van der Waals surface area contributed by atoms with E-state index in [1.54, 1.807) is 0 Å². The number of aryl methyl sites for hydroxylation is 1. The summed E-state index contributed by atoms with van der Waals surface area (Å²) in [5.41, 5.74) is 0.498. The first-order valence-electron chi connectivity index (χ1n) is 12.3. The number of unbranched alkanes of at least 4 members (excludes halogenated alkanes) is 9. The van der Waals surface area contributed by atoms with Gasteiger partial charge in [-0.15, -0.1) is 0 Å². The van der Waals surface area contributed by atoms with Crippen molar-refractivity contribution in [1.29, 1.82) is 0 Å². The van der Waals surface area contributed by atoms with Gasteiger partial charge in [-0.1, -0.05) is 58.3 Å². The number of nitrogens with zero attached hydrogens (tertiary/aromatic N) is 2. The lowest BCUT2D eigenvalue weighted by molar-refractivity contribution is -0.697. The Bertz CT molecular complexity index is 544. The number of imidazole rings is 1. The summed E-state index contributed by atoms with van der Waals surface area (Å²) in [6, 6.07) is 0. The number of hydrogen-bond donors (Lipinski definition) is 0. The standard InChI is InChI=1S/C25H43N2.BrH/c1-2-3-4-5-6-7-8-9-10-11-12-26-13-14-27(21-26)25-18-22-15-23(19-25)17-24(16-22)20-25;/h13-14,21-24H,2-12,15-20H2,1H3;1H/q+1;/p-1. The van der Waals surface area contributed by atoms with Crippen molar-refractivity contribution in [1.82, 2.24) is 4.57 Å². The Morgan fingerprint density at radius 1 is 0.786 bits per heavy atom. The molecule has 4 saturated carbocycles. The summed E-state index contributed by atoms with van der Waals surface area (Å²) in [4.78, 5) is 0. The first kappa shape index (κ1) is 22.4. The first-order valence-corrected chi connectivity index (χ1v) is 12.3. The number of aromatic nitrogens is 2. The van der Waals surface area contributed by atoms with E-state index >= 15 is 0 Å². The van der Waals surface area contributed by atoms with Gasteiger partial charge in [-0.05, 0) is 69.1 Å². The third kappa shape index (κ3) is 5.43. The van der Waals surface area contributed by atoms with Crippen LogP contribution >= 0.6 is 0 Å². The van der Waals surface area contributed by atoms with E-state index in [0.29, 0.717) is 5.54 Å². The monoisotopic (exact) mass is 450 g/mol. The molecule has 4 bridgehead atoms. The van der Waals surface area contributed by atoms with Gasteiger partial charge >= 0.3 is 0 Å². The summed E-state index contributed by atoms with van der Waals surface area (Å²) in [5, 5.41) is 0. The maximum Gasteiger partial charge on any atom is 0.244 e. The maximum atomic E-state index is 2.65. The molecule has 4 aliphatic rings. The molecule has 1 aromatic heterocycles. The normalized spacial score (nSPS) is 30.5. The summed E-state index contributed by atoms with van der Waals surface area (Å²) in [7, 11) is 0. The summed E-state index contributed by atoms with van der Waals surface area (Å²) >= 11 is 0. The van der Waals surface area contributed by atoms with E-state index in [0.717, 1.165) is 17.8 Å². The number of hydrogen-bond acceptors (Lipinski definition) is 0. The Morgan fingerprint density at radius 2 is 1.29 bits per heavy atom. The van der Waals surface area contributed by atoms with E-state index in [-0.39, 0.29) is 17.0 Å². The minimum atomic E-state index is 0. The highest BCUT2D eigenvalue weighted by Gasteiger charge is 2.54. The SMILES string of the molecule is CCCCCCCCCCCC[n+]1ccn(C23CC4CC(CC(C4)C2)C3)c1.[Br-]. The van der Waals surface area contributed by atoms with E-state index in [1.807, 2.05) is 0 Å². The molecule has 0 unspecified atom stereocenters.